The Kier molecular flexibility index (Phi) is 4.08. The SMILES string of the molecule is COc1ccc(C)cc1C(N)c1cccc(Cl)c1F. The standard InChI is InChI=1S/C15H15ClFNO/c1-9-6-7-13(19-2)11(8-9)15(18)10-4-3-5-12(16)14(10)17/h3-8,15H,18H2,1-2H3. The molecule has 0 heterocycles. The molecule has 4 heteroatoms. The van der Waals surface area contributed by atoms with E-state index in [-0.39, 0.29) is 5.02 Å². The molecule has 19 heavy (non-hydrogen) atoms. The summed E-state index contributed by atoms with van der Waals surface area (Å²) >= 11 is 5.79. The van der Waals surface area contributed by atoms with Crippen LogP contribution in [0.2, 0.25) is 5.02 Å². The van der Waals surface area contributed by atoms with Gasteiger partial charge >= 0.3 is 0 Å². The van der Waals surface area contributed by atoms with E-state index in [0.717, 1.165) is 11.1 Å². The predicted octanol–water partition coefficient (Wildman–Crippen LogP) is 3.84. The molecule has 0 saturated carbocycles. The van der Waals surface area contributed by atoms with E-state index >= 15 is 0 Å². The summed E-state index contributed by atoms with van der Waals surface area (Å²) in [6.07, 6.45) is 0. The molecule has 2 aromatic carbocycles. The Morgan fingerprint density at radius 3 is 2.63 bits per heavy atom. The largest absolute Gasteiger partial charge is 0.496 e. The Morgan fingerprint density at radius 2 is 1.95 bits per heavy atom. The van der Waals surface area contributed by atoms with Crippen molar-refractivity contribution < 1.29 is 9.13 Å². The van der Waals surface area contributed by atoms with Crippen molar-refractivity contribution in [3.8, 4) is 5.75 Å². The molecule has 0 spiro atoms. The van der Waals surface area contributed by atoms with Gasteiger partial charge in [0.05, 0.1) is 18.2 Å². The summed E-state index contributed by atoms with van der Waals surface area (Å²) in [5, 5.41) is 0.0690. The highest BCUT2D eigenvalue weighted by atomic mass is 35.5. The van der Waals surface area contributed by atoms with Gasteiger partial charge in [0.15, 0.2) is 0 Å². The van der Waals surface area contributed by atoms with Crippen LogP contribution in [-0.4, -0.2) is 7.11 Å². The number of methoxy groups -OCH3 is 1. The van der Waals surface area contributed by atoms with Crippen LogP contribution in [0, 0.1) is 12.7 Å². The Hall–Kier alpha value is -1.58. The Bertz CT molecular complexity index is 601. The molecule has 2 aromatic rings. The Morgan fingerprint density at radius 1 is 1.21 bits per heavy atom. The maximum atomic E-state index is 14.0. The zero-order chi connectivity index (χ0) is 14.0. The summed E-state index contributed by atoms with van der Waals surface area (Å²) in [7, 11) is 1.56. The highest BCUT2D eigenvalue weighted by Gasteiger charge is 2.19. The second-order valence-corrected chi connectivity index (χ2v) is 4.77. The number of nitrogens with two attached hydrogens (primary N) is 1. The molecule has 2 nitrogen and oxygen atoms in total. The van der Waals surface area contributed by atoms with Gasteiger partial charge in [-0.15, -0.1) is 0 Å². The molecule has 2 N–H and O–H groups in total. The lowest BCUT2D eigenvalue weighted by Crippen LogP contribution is -2.15. The molecule has 0 aromatic heterocycles. The number of halogens is 2. The minimum absolute atomic E-state index is 0.0690. The molecular weight excluding hydrogens is 265 g/mol. The van der Waals surface area contributed by atoms with Crippen LogP contribution >= 0.6 is 11.6 Å². The summed E-state index contributed by atoms with van der Waals surface area (Å²) < 4.78 is 19.3. The van der Waals surface area contributed by atoms with Crippen LogP contribution in [0.3, 0.4) is 0 Å². The van der Waals surface area contributed by atoms with Crippen LogP contribution in [-0.2, 0) is 0 Å². The van der Waals surface area contributed by atoms with Crippen LogP contribution in [0.1, 0.15) is 22.7 Å². The summed E-state index contributed by atoms with van der Waals surface area (Å²) in [6, 6.07) is 9.84. The molecule has 100 valence electrons. The lowest BCUT2D eigenvalue weighted by molar-refractivity contribution is 0.407. The van der Waals surface area contributed by atoms with Crippen molar-refractivity contribution in [2.24, 2.45) is 5.73 Å². The Balaban J connectivity index is 2.52. The first kappa shape index (κ1) is 13.8. The minimum Gasteiger partial charge on any atom is -0.496 e. The van der Waals surface area contributed by atoms with Crippen molar-refractivity contribution in [1.82, 2.24) is 0 Å². The van der Waals surface area contributed by atoms with Crippen LogP contribution in [0.5, 0.6) is 5.75 Å². The third-order valence-electron chi connectivity index (χ3n) is 3.04. The van der Waals surface area contributed by atoms with Gasteiger partial charge in [0.25, 0.3) is 0 Å². The van der Waals surface area contributed by atoms with E-state index < -0.39 is 11.9 Å². The predicted molar refractivity (Wildman–Crippen MR) is 75.2 cm³/mol. The van der Waals surface area contributed by atoms with E-state index in [1.165, 1.54) is 6.07 Å². The first-order valence-electron chi connectivity index (χ1n) is 5.88. The normalized spacial score (nSPS) is 12.3. The number of aryl methyl sites for hydroxylation is 1. The molecule has 0 fully saturated rings. The average Bonchev–Trinajstić information content (AvgIpc) is 2.41. The molecule has 0 amide bonds. The van der Waals surface area contributed by atoms with Gasteiger partial charge in [-0.2, -0.15) is 0 Å². The molecule has 0 saturated heterocycles. The van der Waals surface area contributed by atoms with E-state index in [4.69, 9.17) is 22.1 Å². The van der Waals surface area contributed by atoms with Gasteiger partial charge in [-0.1, -0.05) is 41.4 Å². The number of benzene rings is 2. The molecule has 0 aliphatic heterocycles. The molecular formula is C15H15ClFNO. The number of ether oxygens (including phenoxy) is 1. The van der Waals surface area contributed by atoms with Crippen molar-refractivity contribution in [3.63, 3.8) is 0 Å². The van der Waals surface area contributed by atoms with Gasteiger partial charge in [0, 0.05) is 11.1 Å². The number of rotatable bonds is 3. The van der Waals surface area contributed by atoms with Crippen LogP contribution in [0.4, 0.5) is 4.39 Å². The van der Waals surface area contributed by atoms with Gasteiger partial charge in [0.1, 0.15) is 11.6 Å². The molecule has 0 radical (unpaired) electrons. The zero-order valence-corrected chi connectivity index (χ0v) is 11.5. The smallest absolute Gasteiger partial charge is 0.146 e. The monoisotopic (exact) mass is 279 g/mol. The van der Waals surface area contributed by atoms with Gasteiger partial charge in [-0.05, 0) is 19.1 Å². The number of hydrogen-bond donors (Lipinski definition) is 1. The highest BCUT2D eigenvalue weighted by Crippen LogP contribution is 2.32. The van der Waals surface area contributed by atoms with E-state index in [0.29, 0.717) is 11.3 Å². The average molecular weight is 280 g/mol. The van der Waals surface area contributed by atoms with Crippen LogP contribution < -0.4 is 10.5 Å². The molecule has 1 unspecified atom stereocenters. The van der Waals surface area contributed by atoms with Crippen LogP contribution in [0.15, 0.2) is 36.4 Å². The fourth-order valence-electron chi connectivity index (χ4n) is 2.03. The molecule has 1 atom stereocenters. The van der Waals surface area contributed by atoms with Crippen molar-refractivity contribution in [1.29, 1.82) is 0 Å². The second kappa shape index (κ2) is 5.59. The third kappa shape index (κ3) is 2.72. The summed E-state index contributed by atoms with van der Waals surface area (Å²) in [4.78, 5) is 0. The van der Waals surface area contributed by atoms with Gasteiger partial charge in [-0.3, -0.25) is 0 Å². The minimum atomic E-state index is -0.617. The van der Waals surface area contributed by atoms with Gasteiger partial charge in [0.2, 0.25) is 0 Å². The zero-order valence-electron chi connectivity index (χ0n) is 10.8. The third-order valence-corrected chi connectivity index (χ3v) is 3.33. The van der Waals surface area contributed by atoms with E-state index in [9.17, 15) is 4.39 Å². The fourth-order valence-corrected chi connectivity index (χ4v) is 2.21. The van der Waals surface area contributed by atoms with E-state index in [1.54, 1.807) is 19.2 Å². The molecule has 2 rings (SSSR count). The molecule has 0 aliphatic carbocycles. The Labute approximate surface area is 117 Å². The second-order valence-electron chi connectivity index (χ2n) is 4.37. The maximum absolute atomic E-state index is 14.0. The first-order chi connectivity index (χ1) is 9.04. The lowest BCUT2D eigenvalue weighted by atomic mass is 9.97. The van der Waals surface area contributed by atoms with E-state index in [2.05, 4.69) is 0 Å². The quantitative estimate of drug-likeness (QED) is 0.926. The summed E-state index contributed by atoms with van der Waals surface area (Å²) in [6.45, 7) is 1.95. The summed E-state index contributed by atoms with van der Waals surface area (Å²) in [5.74, 6) is 0.151. The first-order valence-corrected chi connectivity index (χ1v) is 6.26. The van der Waals surface area contributed by atoms with Gasteiger partial charge < -0.3 is 10.5 Å². The highest BCUT2D eigenvalue weighted by molar-refractivity contribution is 6.30. The maximum Gasteiger partial charge on any atom is 0.146 e. The number of hydrogen-bond acceptors (Lipinski definition) is 2. The fraction of sp³-hybridized carbons (Fsp3) is 0.200. The molecule has 0 aliphatic rings. The van der Waals surface area contributed by atoms with Crippen molar-refractivity contribution in [2.75, 3.05) is 7.11 Å². The van der Waals surface area contributed by atoms with Crippen molar-refractivity contribution in [3.05, 3.63) is 63.9 Å². The van der Waals surface area contributed by atoms with Gasteiger partial charge in [-0.25, -0.2) is 4.39 Å². The van der Waals surface area contributed by atoms with Crippen molar-refractivity contribution >= 4 is 11.6 Å². The lowest BCUT2D eigenvalue weighted by Gasteiger charge is -2.17. The van der Waals surface area contributed by atoms with Crippen molar-refractivity contribution in [2.45, 2.75) is 13.0 Å². The van der Waals surface area contributed by atoms with E-state index in [1.807, 2.05) is 25.1 Å². The topological polar surface area (TPSA) is 35.2 Å². The molecule has 0 bridgehead atoms. The summed E-state index contributed by atoms with van der Waals surface area (Å²) in [5.41, 5.74) is 8.29. The van der Waals surface area contributed by atoms with Crippen LogP contribution in [0.25, 0.3) is 0 Å².